The third kappa shape index (κ3) is 5.28. The summed E-state index contributed by atoms with van der Waals surface area (Å²) in [4.78, 5) is 21.4. The van der Waals surface area contributed by atoms with E-state index in [-0.39, 0.29) is 30.3 Å². The minimum atomic E-state index is 0. The number of nitrogens with zero attached hydrogens (tertiary/aromatic N) is 5. The predicted molar refractivity (Wildman–Crippen MR) is 139 cm³/mol. The Morgan fingerprint density at radius 2 is 2.00 bits per heavy atom. The number of nitriles is 1. The quantitative estimate of drug-likeness (QED) is 0.505. The summed E-state index contributed by atoms with van der Waals surface area (Å²) in [6.45, 7) is 2.51. The fourth-order valence-corrected chi connectivity index (χ4v) is 5.31. The third-order valence-corrected chi connectivity index (χ3v) is 7.20. The molecular formula is C27H27Cl2N5O. The van der Waals surface area contributed by atoms with Gasteiger partial charge in [0, 0.05) is 61.5 Å². The maximum absolute atomic E-state index is 12.7. The summed E-state index contributed by atoms with van der Waals surface area (Å²) in [5.74, 6) is 0.282. The van der Waals surface area contributed by atoms with E-state index >= 15 is 0 Å². The lowest BCUT2D eigenvalue weighted by Crippen LogP contribution is -2.54. The lowest BCUT2D eigenvalue weighted by atomic mass is 9.79. The number of halogens is 2. The summed E-state index contributed by atoms with van der Waals surface area (Å²) < 4.78 is 2.19. The number of likely N-dealkylation sites (tertiary alicyclic amines) is 1. The van der Waals surface area contributed by atoms with Crippen LogP contribution in [0.5, 0.6) is 0 Å². The summed E-state index contributed by atoms with van der Waals surface area (Å²) in [5, 5.41) is 9.71. The van der Waals surface area contributed by atoms with Crippen LogP contribution in [0, 0.1) is 17.2 Å². The van der Waals surface area contributed by atoms with Crippen molar-refractivity contribution >= 4 is 35.5 Å². The summed E-state index contributed by atoms with van der Waals surface area (Å²) in [6, 6.07) is 17.8. The van der Waals surface area contributed by atoms with E-state index in [1.807, 2.05) is 73.0 Å². The van der Waals surface area contributed by atoms with Crippen molar-refractivity contribution in [1.82, 2.24) is 19.4 Å². The van der Waals surface area contributed by atoms with E-state index in [1.165, 1.54) is 0 Å². The minimum absolute atomic E-state index is 0. The van der Waals surface area contributed by atoms with E-state index in [4.69, 9.17) is 16.9 Å². The molecule has 0 bridgehead atoms. The molecule has 3 heterocycles. The number of rotatable bonds is 5. The van der Waals surface area contributed by atoms with Gasteiger partial charge in [-0.1, -0.05) is 35.9 Å². The number of likely N-dealkylation sites (N-methyl/N-ethyl adjacent to an activating group) is 1. The van der Waals surface area contributed by atoms with Gasteiger partial charge >= 0.3 is 0 Å². The highest BCUT2D eigenvalue weighted by atomic mass is 35.5. The second kappa shape index (κ2) is 10.7. The van der Waals surface area contributed by atoms with Crippen LogP contribution in [-0.4, -0.2) is 51.4 Å². The highest BCUT2D eigenvalue weighted by Crippen LogP contribution is 2.37. The van der Waals surface area contributed by atoms with Crippen molar-refractivity contribution in [1.29, 1.82) is 5.26 Å². The van der Waals surface area contributed by atoms with Gasteiger partial charge in [0.25, 0.3) is 0 Å². The summed E-state index contributed by atoms with van der Waals surface area (Å²) in [7, 11) is 1.91. The van der Waals surface area contributed by atoms with Crippen LogP contribution in [0.3, 0.4) is 0 Å². The van der Waals surface area contributed by atoms with Crippen molar-refractivity contribution in [2.45, 2.75) is 25.6 Å². The highest BCUT2D eigenvalue weighted by Gasteiger charge is 2.39. The topological polar surface area (TPSA) is 65.2 Å². The fourth-order valence-electron chi connectivity index (χ4n) is 5.12. The molecule has 5 rings (SSSR count). The molecule has 2 atom stereocenters. The van der Waals surface area contributed by atoms with Gasteiger partial charge in [-0.25, -0.2) is 4.98 Å². The van der Waals surface area contributed by atoms with Crippen molar-refractivity contribution < 1.29 is 4.79 Å². The number of fused-ring (bicyclic) bond motifs is 1. The van der Waals surface area contributed by atoms with Gasteiger partial charge in [0.15, 0.2) is 0 Å². The summed E-state index contributed by atoms with van der Waals surface area (Å²) in [6.07, 6.45) is 7.26. The van der Waals surface area contributed by atoms with E-state index in [0.717, 1.165) is 55.0 Å². The number of hydrogen-bond donors (Lipinski definition) is 0. The van der Waals surface area contributed by atoms with Crippen LogP contribution in [0.15, 0.2) is 67.1 Å². The second-order valence-corrected chi connectivity index (χ2v) is 9.52. The first-order chi connectivity index (χ1) is 16.5. The molecule has 0 saturated carbocycles. The van der Waals surface area contributed by atoms with Crippen LogP contribution < -0.4 is 0 Å². The number of piperidine rings is 1. The first-order valence-corrected chi connectivity index (χ1v) is 11.8. The number of benzene rings is 2. The number of carbonyl (C=O) groups is 1. The average Bonchev–Trinajstić information content (AvgIpc) is 3.28. The van der Waals surface area contributed by atoms with Gasteiger partial charge in [-0.05, 0) is 47.4 Å². The van der Waals surface area contributed by atoms with Crippen LogP contribution in [0.4, 0.5) is 0 Å². The van der Waals surface area contributed by atoms with E-state index in [2.05, 4.69) is 20.5 Å². The molecule has 3 aromatic rings. The maximum atomic E-state index is 12.7. The van der Waals surface area contributed by atoms with E-state index in [1.54, 1.807) is 6.08 Å². The van der Waals surface area contributed by atoms with Crippen LogP contribution in [0.1, 0.15) is 28.8 Å². The van der Waals surface area contributed by atoms with Gasteiger partial charge in [-0.3, -0.25) is 9.69 Å². The molecule has 35 heavy (non-hydrogen) atoms. The fraction of sp³-hybridized carbons (Fsp3) is 0.296. The summed E-state index contributed by atoms with van der Waals surface area (Å²) in [5.41, 5.74) is 5.05. The predicted octanol–water partition coefficient (Wildman–Crippen LogP) is 4.62. The Bertz CT molecular complexity index is 1280. The standard InChI is InChI=1S/C27H26ClN5O.ClH/c1-31-26-9-10-32(16-25(26)24(13-27(31)34)21-3-2-4-22(28)12-21)18-33-17-30-15-23(33)11-19-5-7-20(14-29)8-6-19;/h2-8,12-13,15,17,25-26H,9-11,16,18H2,1H3;1H. The Hall–Kier alpha value is -3.11. The number of carbonyl (C=O) groups excluding carboxylic acids is 1. The molecule has 1 amide bonds. The van der Waals surface area contributed by atoms with Crippen molar-refractivity contribution in [2.75, 3.05) is 20.1 Å². The van der Waals surface area contributed by atoms with E-state index in [0.29, 0.717) is 10.6 Å². The SMILES string of the molecule is CN1C(=O)C=C(c2cccc(Cl)c2)C2CN(Cn3cncc3Cc3ccc(C#N)cc3)CCC21.Cl. The minimum Gasteiger partial charge on any atom is -0.339 e. The largest absolute Gasteiger partial charge is 0.339 e. The third-order valence-electron chi connectivity index (χ3n) is 6.96. The van der Waals surface area contributed by atoms with Gasteiger partial charge < -0.3 is 9.47 Å². The molecule has 180 valence electrons. The normalized spacial score (nSPS) is 20.0. The van der Waals surface area contributed by atoms with E-state index in [9.17, 15) is 4.79 Å². The molecule has 0 spiro atoms. The van der Waals surface area contributed by atoms with Crippen LogP contribution >= 0.6 is 24.0 Å². The van der Waals surface area contributed by atoms with Gasteiger partial charge in [-0.2, -0.15) is 5.26 Å². The number of imidazole rings is 1. The molecule has 1 aromatic heterocycles. The Morgan fingerprint density at radius 1 is 1.20 bits per heavy atom. The van der Waals surface area contributed by atoms with Crippen LogP contribution in [-0.2, 0) is 17.9 Å². The number of hydrogen-bond acceptors (Lipinski definition) is 4. The molecule has 1 fully saturated rings. The van der Waals surface area contributed by atoms with Crippen molar-refractivity contribution in [2.24, 2.45) is 5.92 Å². The first kappa shape index (κ1) is 25.0. The molecule has 2 aliphatic heterocycles. The van der Waals surface area contributed by atoms with Crippen molar-refractivity contribution in [3.63, 3.8) is 0 Å². The lowest BCUT2D eigenvalue weighted by molar-refractivity contribution is -0.129. The molecule has 8 heteroatoms. The Balaban J connectivity index is 0.00000289. The number of amides is 1. The first-order valence-electron chi connectivity index (χ1n) is 11.5. The molecule has 0 N–H and O–H groups in total. The molecule has 2 unspecified atom stereocenters. The van der Waals surface area contributed by atoms with Gasteiger partial charge in [0.1, 0.15) is 0 Å². The van der Waals surface area contributed by atoms with Crippen molar-refractivity contribution in [3.05, 3.63) is 94.5 Å². The molecule has 1 saturated heterocycles. The monoisotopic (exact) mass is 507 g/mol. The Morgan fingerprint density at radius 3 is 2.74 bits per heavy atom. The molecule has 2 aromatic carbocycles. The zero-order valence-corrected chi connectivity index (χ0v) is 21.0. The van der Waals surface area contributed by atoms with Crippen molar-refractivity contribution in [3.8, 4) is 6.07 Å². The molecular weight excluding hydrogens is 481 g/mol. The van der Waals surface area contributed by atoms with Crippen LogP contribution in [0.25, 0.3) is 5.57 Å². The zero-order valence-electron chi connectivity index (χ0n) is 19.5. The molecule has 6 nitrogen and oxygen atoms in total. The lowest BCUT2D eigenvalue weighted by Gasteiger charge is -2.46. The van der Waals surface area contributed by atoms with Gasteiger partial charge in [0.05, 0.1) is 24.6 Å². The molecule has 0 aliphatic carbocycles. The Kier molecular flexibility index (Phi) is 7.61. The van der Waals surface area contributed by atoms with E-state index < -0.39 is 0 Å². The van der Waals surface area contributed by atoms with Gasteiger partial charge in [-0.15, -0.1) is 12.4 Å². The average molecular weight is 508 g/mol. The second-order valence-electron chi connectivity index (χ2n) is 9.08. The maximum Gasteiger partial charge on any atom is 0.246 e. The summed E-state index contributed by atoms with van der Waals surface area (Å²) >= 11 is 6.27. The molecule has 2 aliphatic rings. The number of aromatic nitrogens is 2. The highest BCUT2D eigenvalue weighted by molar-refractivity contribution is 6.30. The zero-order chi connectivity index (χ0) is 23.7. The molecule has 0 radical (unpaired) electrons. The van der Waals surface area contributed by atoms with Gasteiger partial charge in [0.2, 0.25) is 5.91 Å². The Labute approximate surface area is 216 Å². The van der Waals surface area contributed by atoms with Crippen LogP contribution in [0.2, 0.25) is 5.02 Å². The smallest absolute Gasteiger partial charge is 0.246 e.